The van der Waals surface area contributed by atoms with Gasteiger partial charge in [0.15, 0.2) is 5.72 Å². The van der Waals surface area contributed by atoms with Crippen molar-refractivity contribution in [3.63, 3.8) is 0 Å². The molecule has 1 amide bonds. The van der Waals surface area contributed by atoms with Crippen LogP contribution in [0.4, 0.5) is 0 Å². The van der Waals surface area contributed by atoms with Crippen LogP contribution in [-0.4, -0.2) is 81.5 Å². The minimum Gasteiger partial charge on any atom is -0.497 e. The zero-order valence-electron chi connectivity index (χ0n) is 35.5. The summed E-state index contributed by atoms with van der Waals surface area (Å²) in [5.41, 5.74) is -1.69. The molecule has 4 N–H and O–H groups in total. The average molecular weight is 855 g/mol. The van der Waals surface area contributed by atoms with Crippen LogP contribution in [0.15, 0.2) is 125 Å². The van der Waals surface area contributed by atoms with Crippen LogP contribution in [0.25, 0.3) is 0 Å². The number of hydrogen-bond donors (Lipinski definition) is 4. The molecule has 6 rings (SSSR count). The number of aliphatic hydroxyl groups is 1. The molecule has 2 heterocycles. The Morgan fingerprint density at radius 2 is 1.41 bits per heavy atom. The van der Waals surface area contributed by atoms with Crippen LogP contribution in [-0.2, 0) is 25.3 Å². The van der Waals surface area contributed by atoms with Crippen molar-refractivity contribution in [3.8, 4) is 11.5 Å². The van der Waals surface area contributed by atoms with Crippen molar-refractivity contribution in [1.82, 2.24) is 19.5 Å². The molecule has 15 heteroatoms. The highest BCUT2D eigenvalue weighted by molar-refractivity contribution is 7.43. The molecule has 1 fully saturated rings. The minimum atomic E-state index is -2.47. The van der Waals surface area contributed by atoms with Gasteiger partial charge in [-0.15, -0.1) is 0 Å². The number of carbonyl (C=O) groups excluding carboxylic acids is 1. The standard InChI is InChI=1S/C46H55N4O10P/c1-31(2)50(32(3)4)61(55)60-45(54)30-44(49-28-33(5)41(51)48-43(49)53,26-27-47-42(52)34-14-10-8-11-15-34)59-40(45)29-58-46(35-16-12-9-13-17-35,36-18-22-38(56-6)23-19-36)37-20-24-39(57-7)25-21-37/h8-25,28,31-32,40,54-55H,26-27,29-30H2,1-7H3,(H,47,52)(H,48,51,53)/t40-,44-,45-,61?/m1/s1. The predicted molar refractivity (Wildman–Crippen MR) is 232 cm³/mol. The quantitative estimate of drug-likeness (QED) is 0.0451. The number of nitrogens with one attached hydrogen (secondary N) is 2. The lowest BCUT2D eigenvalue weighted by Gasteiger charge is -2.40. The number of amides is 1. The molecule has 0 radical (unpaired) electrons. The lowest BCUT2D eigenvalue weighted by atomic mass is 9.80. The third kappa shape index (κ3) is 9.66. The van der Waals surface area contributed by atoms with Gasteiger partial charge in [0, 0.05) is 42.4 Å². The smallest absolute Gasteiger partial charge is 0.330 e. The third-order valence-corrected chi connectivity index (χ3v) is 12.7. The predicted octanol–water partition coefficient (Wildman–Crippen LogP) is 6.18. The molecule has 1 aromatic heterocycles. The monoisotopic (exact) mass is 854 g/mol. The van der Waals surface area contributed by atoms with Gasteiger partial charge in [-0.3, -0.25) is 23.7 Å². The van der Waals surface area contributed by atoms with Crippen LogP contribution in [0.3, 0.4) is 0 Å². The van der Waals surface area contributed by atoms with Gasteiger partial charge < -0.3 is 34.3 Å². The number of benzene rings is 4. The first kappa shape index (κ1) is 45.3. The number of carbonyl (C=O) groups is 1. The first-order chi connectivity index (χ1) is 29.2. The van der Waals surface area contributed by atoms with E-state index in [1.165, 1.54) is 10.8 Å². The molecular formula is C46H55N4O10P. The van der Waals surface area contributed by atoms with E-state index in [0.29, 0.717) is 28.2 Å². The number of aromatic nitrogens is 2. The van der Waals surface area contributed by atoms with Crippen molar-refractivity contribution in [2.45, 2.75) is 82.8 Å². The molecule has 61 heavy (non-hydrogen) atoms. The summed E-state index contributed by atoms with van der Waals surface area (Å²) in [6.07, 6.45) is -0.493. The van der Waals surface area contributed by atoms with Crippen LogP contribution in [0.1, 0.15) is 73.1 Å². The van der Waals surface area contributed by atoms with E-state index >= 15 is 0 Å². The van der Waals surface area contributed by atoms with Crippen LogP contribution in [0.5, 0.6) is 11.5 Å². The zero-order chi connectivity index (χ0) is 44.0. The second-order valence-electron chi connectivity index (χ2n) is 15.6. The molecule has 4 aromatic carbocycles. The summed E-state index contributed by atoms with van der Waals surface area (Å²) in [4.78, 5) is 53.9. The molecule has 14 nitrogen and oxygen atoms in total. The first-order valence-corrected chi connectivity index (χ1v) is 21.3. The number of ether oxygens (including phenoxy) is 4. The van der Waals surface area contributed by atoms with Gasteiger partial charge in [-0.2, -0.15) is 0 Å². The number of aryl methyl sites for hydroxylation is 1. The fourth-order valence-corrected chi connectivity index (χ4v) is 9.31. The maximum absolute atomic E-state index is 13.8. The van der Waals surface area contributed by atoms with Crippen molar-refractivity contribution < 1.29 is 38.3 Å². The molecule has 0 saturated carbocycles. The summed E-state index contributed by atoms with van der Waals surface area (Å²) in [5.74, 6) is -1.41. The van der Waals surface area contributed by atoms with Crippen LogP contribution < -0.4 is 26.0 Å². The number of methoxy groups -OCH3 is 2. The highest BCUT2D eigenvalue weighted by Crippen LogP contribution is 2.53. The summed E-state index contributed by atoms with van der Waals surface area (Å²) in [5, 5.41) is 15.9. The molecule has 1 aliphatic heterocycles. The van der Waals surface area contributed by atoms with E-state index in [4.69, 9.17) is 23.5 Å². The number of H-pyrrole nitrogens is 1. The van der Waals surface area contributed by atoms with Crippen molar-refractivity contribution in [1.29, 1.82) is 0 Å². The molecule has 0 aliphatic carbocycles. The lowest BCUT2D eigenvalue weighted by molar-refractivity contribution is -0.206. The molecule has 1 unspecified atom stereocenters. The van der Waals surface area contributed by atoms with Gasteiger partial charge in [-0.1, -0.05) is 72.8 Å². The van der Waals surface area contributed by atoms with Crippen molar-refractivity contribution in [3.05, 3.63) is 164 Å². The second-order valence-corrected chi connectivity index (χ2v) is 16.8. The Kier molecular flexibility index (Phi) is 14.3. The summed E-state index contributed by atoms with van der Waals surface area (Å²) >= 11 is 0. The molecule has 0 spiro atoms. The van der Waals surface area contributed by atoms with Gasteiger partial charge in [-0.05, 0) is 87.7 Å². The van der Waals surface area contributed by atoms with E-state index in [1.807, 2.05) is 107 Å². The van der Waals surface area contributed by atoms with E-state index in [-0.39, 0.29) is 43.1 Å². The van der Waals surface area contributed by atoms with Gasteiger partial charge in [-0.25, -0.2) is 9.46 Å². The van der Waals surface area contributed by atoms with Gasteiger partial charge in [0.2, 0.25) is 5.79 Å². The lowest BCUT2D eigenvalue weighted by Crippen LogP contribution is -2.47. The molecule has 0 bridgehead atoms. The Bertz CT molecular complexity index is 2290. The summed E-state index contributed by atoms with van der Waals surface area (Å²) in [6, 6.07) is 32.8. The fraction of sp³-hybridized carbons (Fsp3) is 0.370. The maximum atomic E-state index is 13.8. The molecule has 4 atom stereocenters. The summed E-state index contributed by atoms with van der Waals surface area (Å²) in [7, 11) is 0.702. The number of rotatable bonds is 18. The molecule has 324 valence electrons. The minimum absolute atomic E-state index is 0.0222. The second kappa shape index (κ2) is 19.3. The van der Waals surface area contributed by atoms with Gasteiger partial charge >= 0.3 is 5.69 Å². The Morgan fingerprint density at radius 1 is 0.885 bits per heavy atom. The summed E-state index contributed by atoms with van der Waals surface area (Å²) in [6.45, 7) is 8.80. The van der Waals surface area contributed by atoms with Gasteiger partial charge in [0.1, 0.15) is 23.2 Å². The van der Waals surface area contributed by atoms with Crippen LogP contribution in [0.2, 0.25) is 0 Å². The van der Waals surface area contributed by atoms with Crippen LogP contribution in [0, 0.1) is 6.92 Å². The maximum Gasteiger partial charge on any atom is 0.330 e. The Balaban J connectivity index is 1.50. The van der Waals surface area contributed by atoms with Crippen molar-refractivity contribution in [2.24, 2.45) is 0 Å². The molecular weight excluding hydrogens is 799 g/mol. The highest BCUT2D eigenvalue weighted by atomic mass is 31.2. The van der Waals surface area contributed by atoms with Crippen molar-refractivity contribution in [2.75, 3.05) is 27.4 Å². The first-order valence-electron chi connectivity index (χ1n) is 20.2. The largest absolute Gasteiger partial charge is 0.497 e. The molecule has 1 saturated heterocycles. The molecule has 1 aliphatic rings. The van der Waals surface area contributed by atoms with Crippen LogP contribution >= 0.6 is 8.53 Å². The highest BCUT2D eigenvalue weighted by Gasteiger charge is 2.60. The zero-order valence-corrected chi connectivity index (χ0v) is 36.4. The van der Waals surface area contributed by atoms with E-state index in [0.717, 1.165) is 5.56 Å². The van der Waals surface area contributed by atoms with Crippen molar-refractivity contribution >= 4 is 14.4 Å². The average Bonchev–Trinajstić information content (AvgIpc) is 3.53. The van der Waals surface area contributed by atoms with Gasteiger partial charge in [0.25, 0.3) is 20.0 Å². The number of nitrogens with zero attached hydrogens (tertiary/aromatic N) is 2. The fourth-order valence-electron chi connectivity index (χ4n) is 7.96. The molecule has 5 aromatic rings. The number of hydrogen-bond acceptors (Lipinski definition) is 11. The summed E-state index contributed by atoms with van der Waals surface area (Å²) < 4.78 is 34.5. The van der Waals surface area contributed by atoms with E-state index < -0.39 is 49.4 Å². The van der Waals surface area contributed by atoms with E-state index in [2.05, 4.69) is 10.3 Å². The Morgan fingerprint density at radius 3 is 1.93 bits per heavy atom. The third-order valence-electron chi connectivity index (χ3n) is 10.9. The SMILES string of the molecule is COc1ccc(C(OC[C@H]2O[C@@](CCNC(=O)c3ccccc3)(n3cc(C)c(=O)[nH]c3=O)C[C@@]2(O)OP(O)N(C(C)C)C(C)C)(c2ccccc2)c2ccc(OC)cc2)cc1. The normalized spacial score (nSPS) is 19.6. The van der Waals surface area contributed by atoms with E-state index in [1.54, 1.807) is 56.1 Å². The van der Waals surface area contributed by atoms with E-state index in [9.17, 15) is 24.4 Å². The topological polar surface area (TPSA) is 174 Å². The van der Waals surface area contributed by atoms with Gasteiger partial charge in [0.05, 0.1) is 27.2 Å². The number of aromatic amines is 1. The Labute approximate surface area is 357 Å². The Hall–Kier alpha value is -5.18.